The number of ketones is 1. The van der Waals surface area contributed by atoms with Crippen molar-refractivity contribution in [2.45, 2.75) is 19.3 Å². The molecule has 0 saturated carbocycles. The van der Waals surface area contributed by atoms with E-state index in [0.29, 0.717) is 60.0 Å². The van der Waals surface area contributed by atoms with Crippen molar-refractivity contribution < 1.29 is 19.1 Å². The van der Waals surface area contributed by atoms with Crippen LogP contribution in [0.25, 0.3) is 5.76 Å². The number of aromatic nitrogens is 4. The van der Waals surface area contributed by atoms with Gasteiger partial charge in [0.1, 0.15) is 11.5 Å². The number of hydrogen-bond acceptors (Lipinski definition) is 7. The zero-order chi connectivity index (χ0) is 24.7. The Hall–Kier alpha value is -4.79. The zero-order valence-electron chi connectivity index (χ0n) is 19.3. The fraction of sp³-hybridized carbons (Fsp3) is 0.148. The molecule has 3 aromatic carbocycles. The predicted molar refractivity (Wildman–Crippen MR) is 131 cm³/mol. The minimum absolute atomic E-state index is 0.0926. The number of benzene rings is 3. The second kappa shape index (κ2) is 10.6. The lowest BCUT2D eigenvalue weighted by atomic mass is 10.0. The molecule has 0 fully saturated rings. The number of tetrazole rings is 1. The number of nitrogens with zero attached hydrogens (tertiary/aromatic N) is 3. The minimum Gasteiger partial charge on any atom is -0.494 e. The number of rotatable bonds is 9. The Morgan fingerprint density at radius 3 is 2.50 bits per heavy atom. The van der Waals surface area contributed by atoms with Crippen molar-refractivity contribution in [3.8, 4) is 11.5 Å². The average molecular weight is 482 g/mol. The van der Waals surface area contributed by atoms with Gasteiger partial charge in [-0.1, -0.05) is 48.5 Å². The lowest BCUT2D eigenvalue weighted by Crippen LogP contribution is -2.28. The molecule has 0 spiro atoms. The van der Waals surface area contributed by atoms with Crippen LogP contribution in [0.5, 0.6) is 11.5 Å². The predicted octanol–water partition coefficient (Wildman–Crippen LogP) is 3.98. The summed E-state index contributed by atoms with van der Waals surface area (Å²) in [5, 5.41) is 16.9. The molecule has 5 rings (SSSR count). The number of fused-ring (bicyclic) bond motifs is 1. The Morgan fingerprint density at radius 2 is 1.72 bits per heavy atom. The molecule has 9 heteroatoms. The molecule has 0 saturated heterocycles. The van der Waals surface area contributed by atoms with Crippen molar-refractivity contribution in [3.63, 3.8) is 0 Å². The smallest absolute Gasteiger partial charge is 0.255 e. The van der Waals surface area contributed by atoms with Crippen molar-refractivity contribution in [2.24, 2.45) is 0 Å². The Kier molecular flexibility index (Phi) is 6.79. The standard InChI is InChI=1S/C27H23N5O4/c33-23(18-7-2-1-3-8-18)10-6-16-35-21-14-12-19(13-15-21)27(34)28-22-17-20-9-4-5-11-24(20)36-25(22)26-29-31-32-30-26/h1-5,7-9,11-15H,6,10,16-17H2,(H,28,34)(H,29,30,31,32). The number of H-pyrrole nitrogens is 1. The Labute approximate surface area is 207 Å². The van der Waals surface area contributed by atoms with Crippen molar-refractivity contribution in [1.29, 1.82) is 0 Å². The largest absolute Gasteiger partial charge is 0.494 e. The van der Waals surface area contributed by atoms with E-state index in [1.165, 1.54) is 0 Å². The molecule has 1 aromatic heterocycles. The van der Waals surface area contributed by atoms with Gasteiger partial charge in [0.2, 0.25) is 5.82 Å². The van der Waals surface area contributed by atoms with E-state index in [-0.39, 0.29) is 17.5 Å². The molecule has 2 heterocycles. The van der Waals surface area contributed by atoms with E-state index in [2.05, 4.69) is 25.9 Å². The third-order valence-electron chi connectivity index (χ3n) is 5.67. The van der Waals surface area contributed by atoms with Gasteiger partial charge in [0, 0.05) is 29.5 Å². The maximum Gasteiger partial charge on any atom is 0.255 e. The number of Topliss-reactive ketones (excluding diaryl/α,β-unsaturated/α-hetero) is 1. The van der Waals surface area contributed by atoms with Crippen LogP contribution in [0.15, 0.2) is 84.6 Å². The van der Waals surface area contributed by atoms with Crippen LogP contribution in [0.2, 0.25) is 0 Å². The number of amides is 1. The number of ether oxygens (including phenoxy) is 2. The highest BCUT2D eigenvalue weighted by Crippen LogP contribution is 2.32. The normalized spacial score (nSPS) is 12.4. The van der Waals surface area contributed by atoms with Gasteiger partial charge in [0.05, 0.1) is 12.3 Å². The van der Waals surface area contributed by atoms with Crippen LogP contribution in [0.3, 0.4) is 0 Å². The number of carbonyl (C=O) groups is 2. The summed E-state index contributed by atoms with van der Waals surface area (Å²) in [6.45, 7) is 0.405. The van der Waals surface area contributed by atoms with Gasteiger partial charge in [-0.25, -0.2) is 0 Å². The average Bonchev–Trinajstić information content (AvgIpc) is 3.46. The molecule has 0 unspecified atom stereocenters. The van der Waals surface area contributed by atoms with Crippen LogP contribution in [-0.2, 0) is 6.42 Å². The fourth-order valence-electron chi connectivity index (χ4n) is 3.83. The molecule has 1 amide bonds. The molecule has 0 atom stereocenters. The number of para-hydroxylation sites is 1. The number of allylic oxidation sites excluding steroid dienone is 1. The van der Waals surface area contributed by atoms with Crippen LogP contribution in [-0.4, -0.2) is 38.9 Å². The summed E-state index contributed by atoms with van der Waals surface area (Å²) < 4.78 is 11.7. The molecule has 1 aliphatic rings. The third kappa shape index (κ3) is 5.30. The Bertz CT molecular complexity index is 1380. The molecule has 36 heavy (non-hydrogen) atoms. The molecule has 9 nitrogen and oxygen atoms in total. The minimum atomic E-state index is -0.297. The maximum atomic E-state index is 13.0. The summed E-state index contributed by atoms with van der Waals surface area (Å²) in [5.41, 5.74) is 2.65. The summed E-state index contributed by atoms with van der Waals surface area (Å²) in [6.07, 6.45) is 1.46. The van der Waals surface area contributed by atoms with Gasteiger partial charge in [0.25, 0.3) is 5.91 Å². The van der Waals surface area contributed by atoms with Crippen molar-refractivity contribution in [2.75, 3.05) is 6.61 Å². The van der Waals surface area contributed by atoms with Crippen molar-refractivity contribution >= 4 is 17.4 Å². The molecular weight excluding hydrogens is 458 g/mol. The lowest BCUT2D eigenvalue weighted by molar-refractivity contribution is 0.0958. The van der Waals surface area contributed by atoms with Crippen LogP contribution < -0.4 is 14.8 Å². The van der Waals surface area contributed by atoms with Gasteiger partial charge in [0.15, 0.2) is 11.5 Å². The van der Waals surface area contributed by atoms with Crippen LogP contribution in [0, 0.1) is 0 Å². The van der Waals surface area contributed by atoms with Crippen molar-refractivity contribution in [3.05, 3.63) is 107 Å². The fourth-order valence-corrected chi connectivity index (χ4v) is 3.83. The topological polar surface area (TPSA) is 119 Å². The molecular formula is C27H23N5O4. The second-order valence-electron chi connectivity index (χ2n) is 8.15. The number of hydrogen-bond donors (Lipinski definition) is 2. The molecule has 0 bridgehead atoms. The van der Waals surface area contributed by atoms with Gasteiger partial charge in [-0.05, 0) is 42.0 Å². The highest BCUT2D eigenvalue weighted by atomic mass is 16.5. The SMILES string of the molecule is O=C(CCCOc1ccc(C(=O)NC2=C(c3nn[nH]n3)Oc3ccccc3C2)cc1)c1ccccc1. The first-order valence-corrected chi connectivity index (χ1v) is 11.5. The van der Waals surface area contributed by atoms with Gasteiger partial charge < -0.3 is 14.8 Å². The summed E-state index contributed by atoms with van der Waals surface area (Å²) in [7, 11) is 0. The molecule has 1 aliphatic heterocycles. The van der Waals surface area contributed by atoms with Gasteiger partial charge in [-0.3, -0.25) is 9.59 Å². The van der Waals surface area contributed by atoms with E-state index in [1.807, 2.05) is 54.6 Å². The summed E-state index contributed by atoms with van der Waals surface area (Å²) in [4.78, 5) is 25.2. The number of aromatic amines is 1. The molecule has 180 valence electrons. The van der Waals surface area contributed by atoms with Gasteiger partial charge in [-0.2, -0.15) is 5.21 Å². The monoisotopic (exact) mass is 481 g/mol. The van der Waals surface area contributed by atoms with Crippen LogP contribution in [0.1, 0.15) is 44.9 Å². The molecule has 0 radical (unpaired) electrons. The number of nitrogens with one attached hydrogen (secondary N) is 2. The van der Waals surface area contributed by atoms with E-state index < -0.39 is 0 Å². The summed E-state index contributed by atoms with van der Waals surface area (Å²) in [6, 6.07) is 23.6. The highest BCUT2D eigenvalue weighted by molar-refractivity contribution is 5.96. The molecule has 0 aliphatic carbocycles. The van der Waals surface area contributed by atoms with Crippen molar-refractivity contribution in [1.82, 2.24) is 25.9 Å². The van der Waals surface area contributed by atoms with E-state index in [0.717, 1.165) is 5.56 Å². The van der Waals surface area contributed by atoms with Crippen LogP contribution >= 0.6 is 0 Å². The van der Waals surface area contributed by atoms with Crippen LogP contribution in [0.4, 0.5) is 0 Å². The maximum absolute atomic E-state index is 13.0. The van der Waals surface area contributed by atoms with E-state index in [4.69, 9.17) is 9.47 Å². The van der Waals surface area contributed by atoms with E-state index >= 15 is 0 Å². The lowest BCUT2D eigenvalue weighted by Gasteiger charge is -2.22. The molecule has 4 aromatic rings. The van der Waals surface area contributed by atoms with Gasteiger partial charge >= 0.3 is 0 Å². The Morgan fingerprint density at radius 1 is 0.944 bits per heavy atom. The summed E-state index contributed by atoms with van der Waals surface area (Å²) in [5.74, 6) is 1.71. The number of carbonyl (C=O) groups excluding carboxylic acids is 2. The highest BCUT2D eigenvalue weighted by Gasteiger charge is 2.25. The third-order valence-corrected chi connectivity index (χ3v) is 5.67. The molecule has 2 N–H and O–H groups in total. The van der Waals surface area contributed by atoms with E-state index in [1.54, 1.807) is 24.3 Å². The second-order valence-corrected chi connectivity index (χ2v) is 8.15. The first kappa shape index (κ1) is 23.0. The first-order valence-electron chi connectivity index (χ1n) is 11.5. The summed E-state index contributed by atoms with van der Waals surface area (Å²) >= 11 is 0. The van der Waals surface area contributed by atoms with Gasteiger partial charge in [-0.15, -0.1) is 10.2 Å². The first-order chi connectivity index (χ1) is 17.7. The zero-order valence-corrected chi connectivity index (χ0v) is 19.3. The van der Waals surface area contributed by atoms with E-state index in [9.17, 15) is 9.59 Å². The quantitative estimate of drug-likeness (QED) is 0.274. The Balaban J connectivity index is 1.19.